The molecule has 1 aliphatic heterocycles. The molecule has 1 amide bonds. The van der Waals surface area contributed by atoms with Gasteiger partial charge in [0.1, 0.15) is 0 Å². The van der Waals surface area contributed by atoms with E-state index in [1.54, 1.807) is 23.3 Å². The van der Waals surface area contributed by atoms with Crippen LogP contribution < -0.4 is 0 Å². The third-order valence-corrected chi connectivity index (χ3v) is 5.10. The van der Waals surface area contributed by atoms with Gasteiger partial charge in [-0.25, -0.2) is 4.68 Å². The Morgan fingerprint density at radius 3 is 3.04 bits per heavy atom. The second-order valence-corrected chi connectivity index (χ2v) is 6.56. The maximum atomic E-state index is 12.8. The first-order valence-corrected chi connectivity index (χ1v) is 8.41. The Hall–Kier alpha value is -2.24. The number of carbonyl (C=O) groups excluding carboxylic acids is 1. The minimum Gasteiger partial charge on any atom is -0.334 e. The Morgan fingerprint density at radius 2 is 2.17 bits per heavy atom. The lowest BCUT2D eigenvalue weighted by molar-refractivity contribution is 0.0684. The van der Waals surface area contributed by atoms with E-state index in [-0.39, 0.29) is 5.91 Å². The first-order valence-electron chi connectivity index (χ1n) is 8.41. The zero-order valence-electron chi connectivity index (χ0n) is 13.1. The lowest BCUT2D eigenvalue weighted by atomic mass is 9.85. The summed E-state index contributed by atoms with van der Waals surface area (Å²) in [5.41, 5.74) is 1.50. The number of fused-ring (bicyclic) bond motifs is 1. The number of likely N-dealkylation sites (tertiary alicyclic amines) is 1. The molecule has 23 heavy (non-hydrogen) atoms. The second kappa shape index (κ2) is 6.10. The van der Waals surface area contributed by atoms with Crippen LogP contribution in [-0.2, 0) is 6.54 Å². The van der Waals surface area contributed by atoms with Crippen LogP contribution in [-0.4, -0.2) is 43.4 Å². The molecule has 1 aliphatic carbocycles. The number of hydrogen-bond donors (Lipinski definition) is 0. The van der Waals surface area contributed by atoms with Crippen LogP contribution in [0.2, 0.25) is 0 Å². The quantitative estimate of drug-likeness (QED) is 0.871. The summed E-state index contributed by atoms with van der Waals surface area (Å²) in [4.78, 5) is 18.9. The fourth-order valence-electron chi connectivity index (χ4n) is 3.96. The highest BCUT2D eigenvalue weighted by molar-refractivity contribution is 5.92. The van der Waals surface area contributed by atoms with Crippen molar-refractivity contribution in [1.29, 1.82) is 0 Å². The molecule has 2 fully saturated rings. The number of pyridine rings is 1. The molecule has 0 radical (unpaired) electrons. The molecule has 0 bridgehead atoms. The number of hydrogen-bond acceptors (Lipinski definition) is 4. The van der Waals surface area contributed by atoms with Gasteiger partial charge in [-0.1, -0.05) is 24.1 Å². The van der Waals surface area contributed by atoms with Crippen LogP contribution in [0.15, 0.2) is 30.7 Å². The number of aromatic nitrogens is 4. The van der Waals surface area contributed by atoms with E-state index >= 15 is 0 Å². The van der Waals surface area contributed by atoms with Crippen LogP contribution in [0.4, 0.5) is 0 Å². The van der Waals surface area contributed by atoms with Crippen molar-refractivity contribution >= 4 is 5.91 Å². The smallest absolute Gasteiger partial charge is 0.276 e. The molecule has 120 valence electrons. The van der Waals surface area contributed by atoms with E-state index in [1.807, 2.05) is 17.0 Å². The minimum atomic E-state index is 0.0387. The van der Waals surface area contributed by atoms with Gasteiger partial charge in [0.25, 0.3) is 5.91 Å². The van der Waals surface area contributed by atoms with Crippen molar-refractivity contribution in [2.24, 2.45) is 5.92 Å². The normalized spacial score (nSPS) is 23.7. The molecule has 2 aromatic rings. The van der Waals surface area contributed by atoms with Gasteiger partial charge in [-0.3, -0.25) is 9.78 Å². The Bertz CT molecular complexity index is 683. The van der Waals surface area contributed by atoms with Crippen molar-refractivity contribution in [1.82, 2.24) is 24.9 Å². The molecule has 4 rings (SSSR count). The third kappa shape index (κ3) is 2.85. The fraction of sp³-hybridized carbons (Fsp3) is 0.529. The van der Waals surface area contributed by atoms with Crippen molar-refractivity contribution in [2.45, 2.75) is 44.7 Å². The SMILES string of the molecule is O=C(c1cn(Cc2cccnc2)nn1)N1CC[C@H]2CCCC[C@@H]21. The minimum absolute atomic E-state index is 0.0387. The zero-order valence-corrected chi connectivity index (χ0v) is 13.1. The largest absolute Gasteiger partial charge is 0.334 e. The van der Waals surface area contributed by atoms with Gasteiger partial charge in [-0.05, 0) is 36.8 Å². The Labute approximate surface area is 135 Å². The second-order valence-electron chi connectivity index (χ2n) is 6.56. The highest BCUT2D eigenvalue weighted by Crippen LogP contribution is 2.36. The van der Waals surface area contributed by atoms with E-state index in [0.29, 0.717) is 24.2 Å². The van der Waals surface area contributed by atoms with Gasteiger partial charge in [0.2, 0.25) is 0 Å². The molecule has 0 N–H and O–H groups in total. The molecular weight excluding hydrogens is 290 g/mol. The maximum absolute atomic E-state index is 12.8. The first-order chi connectivity index (χ1) is 11.3. The number of nitrogens with zero attached hydrogens (tertiary/aromatic N) is 5. The van der Waals surface area contributed by atoms with Crippen LogP contribution in [0.5, 0.6) is 0 Å². The summed E-state index contributed by atoms with van der Waals surface area (Å²) >= 11 is 0. The topological polar surface area (TPSA) is 63.9 Å². The summed E-state index contributed by atoms with van der Waals surface area (Å²) in [6, 6.07) is 4.30. The van der Waals surface area contributed by atoms with E-state index in [2.05, 4.69) is 15.3 Å². The van der Waals surface area contributed by atoms with Gasteiger partial charge in [0.15, 0.2) is 5.69 Å². The molecule has 0 aromatic carbocycles. The standard InChI is InChI=1S/C17H21N5O/c23-17(22-9-7-14-5-1-2-6-16(14)22)15-12-21(20-19-15)11-13-4-3-8-18-10-13/h3-4,8,10,12,14,16H,1-2,5-7,9,11H2/t14-,16+/m1/s1. The van der Waals surface area contributed by atoms with Crippen LogP contribution in [0.25, 0.3) is 0 Å². The van der Waals surface area contributed by atoms with Gasteiger partial charge in [-0.15, -0.1) is 5.10 Å². The molecule has 2 aliphatic rings. The van der Waals surface area contributed by atoms with Crippen molar-refractivity contribution in [3.63, 3.8) is 0 Å². The predicted molar refractivity (Wildman–Crippen MR) is 84.8 cm³/mol. The zero-order chi connectivity index (χ0) is 15.6. The van der Waals surface area contributed by atoms with Gasteiger partial charge in [0, 0.05) is 25.0 Å². The third-order valence-electron chi connectivity index (χ3n) is 5.10. The Kier molecular flexibility index (Phi) is 3.81. The summed E-state index contributed by atoms with van der Waals surface area (Å²) < 4.78 is 1.71. The van der Waals surface area contributed by atoms with Crippen molar-refractivity contribution < 1.29 is 4.79 Å². The summed E-state index contributed by atoms with van der Waals surface area (Å²) in [6.45, 7) is 1.45. The molecule has 2 aromatic heterocycles. The number of carbonyl (C=O) groups is 1. The van der Waals surface area contributed by atoms with Crippen LogP contribution in [0.3, 0.4) is 0 Å². The summed E-state index contributed by atoms with van der Waals surface area (Å²) in [7, 11) is 0. The summed E-state index contributed by atoms with van der Waals surface area (Å²) in [5, 5.41) is 8.20. The number of rotatable bonds is 3. The predicted octanol–water partition coefficient (Wildman–Crippen LogP) is 2.13. The van der Waals surface area contributed by atoms with Crippen molar-refractivity contribution in [3.8, 4) is 0 Å². The molecule has 2 atom stereocenters. The van der Waals surface area contributed by atoms with E-state index in [4.69, 9.17) is 0 Å². The number of amides is 1. The molecule has 3 heterocycles. The molecular formula is C17H21N5O. The Morgan fingerprint density at radius 1 is 1.26 bits per heavy atom. The van der Waals surface area contributed by atoms with Gasteiger partial charge in [-0.2, -0.15) is 0 Å². The van der Waals surface area contributed by atoms with Crippen LogP contribution in [0, 0.1) is 5.92 Å². The van der Waals surface area contributed by atoms with Crippen LogP contribution in [0.1, 0.15) is 48.2 Å². The molecule has 1 saturated carbocycles. The van der Waals surface area contributed by atoms with Crippen molar-refractivity contribution in [3.05, 3.63) is 42.0 Å². The average Bonchev–Trinajstić information content (AvgIpc) is 3.22. The molecule has 1 saturated heterocycles. The average molecular weight is 311 g/mol. The van der Waals surface area contributed by atoms with E-state index in [9.17, 15) is 4.79 Å². The van der Waals surface area contributed by atoms with Crippen molar-refractivity contribution in [2.75, 3.05) is 6.54 Å². The summed E-state index contributed by atoms with van der Waals surface area (Å²) in [5.74, 6) is 0.731. The highest BCUT2D eigenvalue weighted by atomic mass is 16.2. The van der Waals surface area contributed by atoms with Gasteiger partial charge >= 0.3 is 0 Å². The van der Waals surface area contributed by atoms with Gasteiger partial charge in [0.05, 0.1) is 12.7 Å². The lowest BCUT2D eigenvalue weighted by Crippen LogP contribution is -2.39. The van der Waals surface area contributed by atoms with Crippen LogP contribution >= 0.6 is 0 Å². The Balaban J connectivity index is 1.47. The molecule has 6 nitrogen and oxygen atoms in total. The first kappa shape index (κ1) is 14.4. The monoisotopic (exact) mass is 311 g/mol. The molecule has 0 unspecified atom stereocenters. The van der Waals surface area contributed by atoms with E-state index < -0.39 is 0 Å². The highest BCUT2D eigenvalue weighted by Gasteiger charge is 2.39. The van der Waals surface area contributed by atoms with E-state index in [1.165, 1.54) is 19.3 Å². The fourth-order valence-corrected chi connectivity index (χ4v) is 3.96. The molecule has 6 heteroatoms. The van der Waals surface area contributed by atoms with Gasteiger partial charge < -0.3 is 4.90 Å². The maximum Gasteiger partial charge on any atom is 0.276 e. The summed E-state index contributed by atoms with van der Waals surface area (Å²) in [6.07, 6.45) is 11.4. The van der Waals surface area contributed by atoms with E-state index in [0.717, 1.165) is 24.9 Å². The molecule has 0 spiro atoms. The lowest BCUT2D eigenvalue weighted by Gasteiger charge is -2.31.